The van der Waals surface area contributed by atoms with E-state index in [0.29, 0.717) is 29.4 Å². The zero-order valence-corrected chi connectivity index (χ0v) is 19.4. The van der Waals surface area contributed by atoms with E-state index in [1.165, 1.54) is 11.6 Å². The maximum absolute atomic E-state index is 13.0. The number of hydrogen-bond acceptors (Lipinski definition) is 5. The van der Waals surface area contributed by atoms with Gasteiger partial charge in [-0.2, -0.15) is 4.98 Å². The van der Waals surface area contributed by atoms with Crippen molar-refractivity contribution in [3.63, 3.8) is 0 Å². The van der Waals surface area contributed by atoms with Crippen LogP contribution in [0.15, 0.2) is 58.1 Å². The van der Waals surface area contributed by atoms with Gasteiger partial charge in [-0.05, 0) is 42.4 Å². The van der Waals surface area contributed by atoms with Crippen molar-refractivity contribution in [1.82, 2.24) is 24.0 Å². The number of aromatic nitrogens is 4. The van der Waals surface area contributed by atoms with Crippen molar-refractivity contribution in [2.24, 2.45) is 14.1 Å². The Morgan fingerprint density at radius 2 is 1.75 bits per heavy atom. The zero-order chi connectivity index (χ0) is 22.1. The smallest absolute Gasteiger partial charge is 0.332 e. The quantitative estimate of drug-likeness (QED) is 0.463. The van der Waals surface area contributed by atoms with Crippen LogP contribution in [0, 0.1) is 0 Å². The average Bonchev–Trinajstić information content (AvgIpc) is 3.11. The second-order valence-corrected chi connectivity index (χ2v) is 7.70. The average molecular weight is 476 g/mol. The van der Waals surface area contributed by atoms with Crippen molar-refractivity contribution in [2.75, 3.05) is 7.05 Å². The molecule has 32 heavy (non-hydrogen) atoms. The minimum atomic E-state index is -0.448. The number of rotatable bonds is 6. The van der Waals surface area contributed by atoms with Gasteiger partial charge in [0.2, 0.25) is 0 Å². The number of imidazole rings is 1. The first-order valence-electron chi connectivity index (χ1n) is 9.71. The number of halogens is 2. The molecular formula is C22H23Cl2N5O3. The lowest BCUT2D eigenvalue weighted by Gasteiger charge is -2.11. The first-order chi connectivity index (χ1) is 14.9. The largest absolute Gasteiger partial charge is 0.425 e. The van der Waals surface area contributed by atoms with Gasteiger partial charge in [-0.25, -0.2) is 4.79 Å². The van der Waals surface area contributed by atoms with Crippen LogP contribution in [-0.2, 0) is 27.2 Å². The Morgan fingerprint density at radius 3 is 2.44 bits per heavy atom. The van der Waals surface area contributed by atoms with E-state index in [1.54, 1.807) is 23.7 Å². The monoisotopic (exact) mass is 475 g/mol. The third kappa shape index (κ3) is 4.43. The summed E-state index contributed by atoms with van der Waals surface area (Å²) >= 11 is 6.01. The molecule has 2 aromatic heterocycles. The van der Waals surface area contributed by atoms with E-state index in [4.69, 9.17) is 16.3 Å². The van der Waals surface area contributed by atoms with Gasteiger partial charge in [0, 0.05) is 25.7 Å². The van der Waals surface area contributed by atoms with E-state index >= 15 is 0 Å². The molecule has 2 aromatic carbocycles. The normalized spacial score (nSPS) is 10.9. The van der Waals surface area contributed by atoms with E-state index in [-0.39, 0.29) is 24.1 Å². The van der Waals surface area contributed by atoms with E-state index in [0.717, 1.165) is 15.7 Å². The summed E-state index contributed by atoms with van der Waals surface area (Å²) in [5.74, 6) is 0.585. The minimum Gasteiger partial charge on any atom is -0.425 e. The number of hydrogen-bond donors (Lipinski definition) is 1. The summed E-state index contributed by atoms with van der Waals surface area (Å²) in [7, 11) is 4.90. The summed E-state index contributed by atoms with van der Waals surface area (Å²) in [5, 5.41) is 3.72. The molecule has 0 bridgehead atoms. The van der Waals surface area contributed by atoms with Gasteiger partial charge in [-0.15, -0.1) is 12.4 Å². The molecule has 0 amide bonds. The first-order valence-corrected chi connectivity index (χ1v) is 10.1. The highest BCUT2D eigenvalue weighted by Crippen LogP contribution is 2.26. The highest BCUT2D eigenvalue weighted by molar-refractivity contribution is 6.30. The van der Waals surface area contributed by atoms with Gasteiger partial charge in [0.15, 0.2) is 11.2 Å². The highest BCUT2D eigenvalue weighted by Gasteiger charge is 2.21. The fourth-order valence-electron chi connectivity index (χ4n) is 3.45. The predicted octanol–water partition coefficient (Wildman–Crippen LogP) is 3.07. The zero-order valence-electron chi connectivity index (χ0n) is 17.8. The second kappa shape index (κ2) is 9.60. The molecule has 0 radical (unpaired) electrons. The molecule has 0 spiro atoms. The van der Waals surface area contributed by atoms with Gasteiger partial charge in [0.05, 0.1) is 6.54 Å². The molecule has 0 aliphatic rings. The Kier molecular flexibility index (Phi) is 7.08. The van der Waals surface area contributed by atoms with Crippen LogP contribution in [-0.4, -0.2) is 25.7 Å². The number of nitrogens with zero attached hydrogens (tertiary/aromatic N) is 4. The SMILES string of the molecule is CNCc1cccc(Oc2nc3c(c(=O)n(C)c(=O)n3C)n2Cc2ccc(Cl)cc2)c1.Cl. The van der Waals surface area contributed by atoms with Crippen molar-refractivity contribution in [3.8, 4) is 11.8 Å². The molecule has 4 rings (SSSR count). The Morgan fingerprint density at radius 1 is 1.03 bits per heavy atom. The van der Waals surface area contributed by atoms with Crippen LogP contribution in [0.1, 0.15) is 11.1 Å². The van der Waals surface area contributed by atoms with Crippen molar-refractivity contribution in [2.45, 2.75) is 13.1 Å². The molecule has 2 heterocycles. The number of benzene rings is 2. The fourth-order valence-corrected chi connectivity index (χ4v) is 3.58. The Bertz CT molecular complexity index is 1370. The summed E-state index contributed by atoms with van der Waals surface area (Å²) in [6.07, 6.45) is 0. The van der Waals surface area contributed by atoms with Gasteiger partial charge in [0.25, 0.3) is 5.56 Å². The summed E-state index contributed by atoms with van der Waals surface area (Å²) < 4.78 is 10.2. The number of fused-ring (bicyclic) bond motifs is 1. The third-order valence-electron chi connectivity index (χ3n) is 5.06. The molecule has 168 valence electrons. The molecule has 0 aliphatic heterocycles. The van der Waals surface area contributed by atoms with Crippen LogP contribution in [0.4, 0.5) is 0 Å². The van der Waals surface area contributed by atoms with Gasteiger partial charge < -0.3 is 10.1 Å². The highest BCUT2D eigenvalue weighted by atomic mass is 35.5. The maximum Gasteiger partial charge on any atom is 0.332 e. The molecule has 0 saturated carbocycles. The molecule has 8 nitrogen and oxygen atoms in total. The van der Waals surface area contributed by atoms with Gasteiger partial charge >= 0.3 is 11.7 Å². The van der Waals surface area contributed by atoms with E-state index in [2.05, 4.69) is 10.3 Å². The summed E-state index contributed by atoms with van der Waals surface area (Å²) in [4.78, 5) is 29.9. The van der Waals surface area contributed by atoms with Crippen LogP contribution in [0.3, 0.4) is 0 Å². The first kappa shape index (κ1) is 23.6. The van der Waals surface area contributed by atoms with Crippen LogP contribution in [0.25, 0.3) is 11.2 Å². The standard InChI is InChI=1S/C22H22ClN5O3.ClH/c1-24-12-15-5-4-6-17(11-15)31-21-25-19-18(20(29)27(3)22(30)26(19)2)28(21)13-14-7-9-16(23)10-8-14;/h4-11,24H,12-13H2,1-3H3;1H. The Hall–Kier alpha value is -3.07. The Balaban J connectivity index is 0.00000289. The summed E-state index contributed by atoms with van der Waals surface area (Å²) in [5.41, 5.74) is 1.64. The second-order valence-electron chi connectivity index (χ2n) is 7.26. The lowest BCUT2D eigenvalue weighted by molar-refractivity contribution is 0.420. The molecule has 4 aromatic rings. The van der Waals surface area contributed by atoms with Gasteiger partial charge in [0.1, 0.15) is 5.75 Å². The molecule has 0 fully saturated rings. The number of aryl methyl sites for hydroxylation is 1. The molecular weight excluding hydrogens is 453 g/mol. The van der Waals surface area contributed by atoms with Crippen LogP contribution in [0.2, 0.25) is 5.02 Å². The van der Waals surface area contributed by atoms with Crippen molar-refractivity contribution in [1.29, 1.82) is 0 Å². The van der Waals surface area contributed by atoms with Crippen molar-refractivity contribution >= 4 is 35.2 Å². The van der Waals surface area contributed by atoms with Crippen LogP contribution >= 0.6 is 24.0 Å². The number of nitrogens with one attached hydrogen (secondary N) is 1. The van der Waals surface area contributed by atoms with Gasteiger partial charge in [-0.1, -0.05) is 35.9 Å². The lowest BCUT2D eigenvalue weighted by atomic mass is 10.2. The van der Waals surface area contributed by atoms with Crippen molar-refractivity contribution in [3.05, 3.63) is 85.5 Å². The molecule has 0 atom stereocenters. The topological polar surface area (TPSA) is 83.1 Å². The van der Waals surface area contributed by atoms with E-state index < -0.39 is 11.2 Å². The van der Waals surface area contributed by atoms with E-state index in [1.807, 2.05) is 43.4 Å². The predicted molar refractivity (Wildman–Crippen MR) is 127 cm³/mol. The lowest BCUT2D eigenvalue weighted by Crippen LogP contribution is -2.37. The summed E-state index contributed by atoms with van der Waals surface area (Å²) in [6.45, 7) is 1.01. The Labute approximate surface area is 195 Å². The molecule has 1 N–H and O–H groups in total. The minimum absolute atomic E-state index is 0. The molecule has 0 unspecified atom stereocenters. The van der Waals surface area contributed by atoms with Crippen molar-refractivity contribution < 1.29 is 4.74 Å². The molecule has 0 aliphatic carbocycles. The van der Waals surface area contributed by atoms with E-state index in [9.17, 15) is 9.59 Å². The number of ether oxygens (including phenoxy) is 1. The molecule has 10 heteroatoms. The van der Waals surface area contributed by atoms with Gasteiger partial charge in [-0.3, -0.25) is 18.5 Å². The fraction of sp³-hybridized carbons (Fsp3) is 0.227. The van der Waals surface area contributed by atoms with Crippen LogP contribution in [0.5, 0.6) is 11.8 Å². The summed E-state index contributed by atoms with van der Waals surface area (Å²) in [6, 6.07) is 15.1. The molecule has 0 saturated heterocycles. The van der Waals surface area contributed by atoms with Crippen LogP contribution < -0.4 is 21.3 Å². The third-order valence-corrected chi connectivity index (χ3v) is 5.31. The maximum atomic E-state index is 13.0.